The smallest absolute Gasteiger partial charge is 0.254 e. The number of nitrogens with zero attached hydrogens (tertiary/aromatic N) is 1. The second-order valence-electron chi connectivity index (χ2n) is 5.06. The van der Waals surface area contributed by atoms with Crippen molar-refractivity contribution in [3.8, 4) is 0 Å². The molecule has 1 aliphatic heterocycles. The predicted molar refractivity (Wildman–Crippen MR) is 71.6 cm³/mol. The van der Waals surface area contributed by atoms with Crippen molar-refractivity contribution in [1.82, 2.24) is 4.90 Å². The number of anilines is 1. The molecule has 5 heteroatoms. The summed E-state index contributed by atoms with van der Waals surface area (Å²) in [6.07, 6.45) is 1.53. The molecule has 2 rings (SSSR count). The number of likely N-dealkylation sites (tertiary alicyclic amines) is 1. The standard InChI is InChI=1S/C13H17ClN2O2/c1-13(18)5-2-6-16(8-13)12(17)9-3-4-10(14)11(15)7-9/h3-4,7,18H,2,5-6,8,15H2,1H3. The summed E-state index contributed by atoms with van der Waals surface area (Å²) in [5.41, 5.74) is 5.79. The largest absolute Gasteiger partial charge is 0.398 e. The van der Waals surface area contributed by atoms with Crippen molar-refractivity contribution >= 4 is 23.2 Å². The molecule has 0 bridgehead atoms. The average molecular weight is 269 g/mol. The lowest BCUT2D eigenvalue weighted by Gasteiger charge is -2.36. The van der Waals surface area contributed by atoms with Crippen LogP contribution in [0.2, 0.25) is 5.02 Å². The third kappa shape index (κ3) is 2.76. The number of β-amino-alcohol motifs (C(OH)–C–C–N with tert-alkyl or cyclic N) is 1. The van der Waals surface area contributed by atoms with E-state index in [1.807, 2.05) is 0 Å². The lowest BCUT2D eigenvalue weighted by molar-refractivity contribution is -0.0107. The number of nitrogen functional groups attached to an aromatic ring is 1. The van der Waals surface area contributed by atoms with Gasteiger partial charge in [-0.15, -0.1) is 0 Å². The number of halogens is 1. The van der Waals surface area contributed by atoms with Crippen LogP contribution in [0.4, 0.5) is 5.69 Å². The Morgan fingerprint density at radius 3 is 2.89 bits per heavy atom. The first-order chi connectivity index (χ1) is 8.39. The van der Waals surface area contributed by atoms with Crippen LogP contribution in [-0.4, -0.2) is 34.6 Å². The summed E-state index contributed by atoms with van der Waals surface area (Å²) >= 11 is 5.83. The highest BCUT2D eigenvalue weighted by Gasteiger charge is 2.31. The summed E-state index contributed by atoms with van der Waals surface area (Å²) in [6.45, 7) is 2.77. The lowest BCUT2D eigenvalue weighted by Crippen LogP contribution is -2.48. The number of nitrogens with two attached hydrogens (primary N) is 1. The van der Waals surface area contributed by atoms with E-state index in [0.717, 1.165) is 12.8 Å². The molecule has 1 heterocycles. The van der Waals surface area contributed by atoms with Crippen molar-refractivity contribution < 1.29 is 9.90 Å². The molecule has 1 aromatic carbocycles. The molecule has 0 spiro atoms. The SMILES string of the molecule is CC1(O)CCCN(C(=O)c2ccc(Cl)c(N)c2)C1. The summed E-state index contributed by atoms with van der Waals surface area (Å²) in [7, 11) is 0. The van der Waals surface area contributed by atoms with Crippen LogP contribution in [0.25, 0.3) is 0 Å². The zero-order valence-electron chi connectivity index (χ0n) is 10.3. The van der Waals surface area contributed by atoms with Crippen LogP contribution in [0.5, 0.6) is 0 Å². The molecule has 1 aromatic rings. The Balaban J connectivity index is 2.18. The Kier molecular flexibility index (Phi) is 3.50. The predicted octanol–water partition coefficient (Wildman–Crippen LogP) is 1.91. The first-order valence-corrected chi connectivity index (χ1v) is 6.33. The highest BCUT2D eigenvalue weighted by atomic mass is 35.5. The number of carbonyl (C=O) groups excluding carboxylic acids is 1. The quantitative estimate of drug-likeness (QED) is 0.765. The zero-order chi connectivity index (χ0) is 13.3. The summed E-state index contributed by atoms with van der Waals surface area (Å²) in [5, 5.41) is 10.4. The van der Waals surface area contributed by atoms with E-state index in [0.29, 0.717) is 29.4 Å². The van der Waals surface area contributed by atoms with Crippen molar-refractivity contribution in [2.24, 2.45) is 0 Å². The van der Waals surface area contributed by atoms with E-state index < -0.39 is 5.60 Å². The van der Waals surface area contributed by atoms with Gasteiger partial charge in [0.05, 0.1) is 16.3 Å². The highest BCUT2D eigenvalue weighted by molar-refractivity contribution is 6.33. The van der Waals surface area contributed by atoms with Gasteiger partial charge in [-0.3, -0.25) is 4.79 Å². The maximum Gasteiger partial charge on any atom is 0.254 e. The van der Waals surface area contributed by atoms with Gasteiger partial charge in [-0.2, -0.15) is 0 Å². The van der Waals surface area contributed by atoms with Crippen molar-refractivity contribution in [1.29, 1.82) is 0 Å². The molecule has 1 saturated heterocycles. The van der Waals surface area contributed by atoms with Gasteiger partial charge in [-0.05, 0) is 38.0 Å². The molecular weight excluding hydrogens is 252 g/mol. The van der Waals surface area contributed by atoms with Crippen LogP contribution in [0, 0.1) is 0 Å². The summed E-state index contributed by atoms with van der Waals surface area (Å²) in [6, 6.07) is 4.85. The number of carbonyl (C=O) groups is 1. The number of piperidine rings is 1. The second kappa shape index (κ2) is 4.78. The van der Waals surface area contributed by atoms with Crippen molar-refractivity contribution in [2.45, 2.75) is 25.4 Å². The molecule has 18 heavy (non-hydrogen) atoms. The fourth-order valence-corrected chi connectivity index (χ4v) is 2.37. The Hall–Kier alpha value is -1.26. The molecule has 4 nitrogen and oxygen atoms in total. The average Bonchev–Trinajstić information content (AvgIpc) is 2.30. The number of rotatable bonds is 1. The first-order valence-electron chi connectivity index (χ1n) is 5.96. The lowest BCUT2D eigenvalue weighted by atomic mass is 9.94. The van der Waals surface area contributed by atoms with Crippen LogP contribution in [0.15, 0.2) is 18.2 Å². The van der Waals surface area contributed by atoms with E-state index in [1.54, 1.807) is 30.0 Å². The Bertz CT molecular complexity index is 474. The number of aliphatic hydroxyl groups is 1. The minimum atomic E-state index is -0.800. The molecule has 98 valence electrons. The van der Waals surface area contributed by atoms with Crippen LogP contribution in [-0.2, 0) is 0 Å². The van der Waals surface area contributed by atoms with Crippen molar-refractivity contribution in [3.63, 3.8) is 0 Å². The van der Waals surface area contributed by atoms with Crippen LogP contribution in [0.1, 0.15) is 30.1 Å². The third-order valence-electron chi connectivity index (χ3n) is 3.21. The summed E-state index contributed by atoms with van der Waals surface area (Å²) in [4.78, 5) is 13.9. The van der Waals surface area contributed by atoms with Crippen molar-refractivity contribution in [2.75, 3.05) is 18.8 Å². The van der Waals surface area contributed by atoms with Gasteiger partial charge in [-0.1, -0.05) is 11.6 Å². The maximum absolute atomic E-state index is 12.3. The van der Waals surface area contributed by atoms with Crippen LogP contribution in [0.3, 0.4) is 0 Å². The first kappa shape index (κ1) is 13.2. The summed E-state index contributed by atoms with van der Waals surface area (Å²) < 4.78 is 0. The Morgan fingerprint density at radius 2 is 2.28 bits per heavy atom. The van der Waals surface area contributed by atoms with Gasteiger partial charge in [0.2, 0.25) is 0 Å². The van der Waals surface area contributed by atoms with E-state index in [-0.39, 0.29) is 5.91 Å². The highest BCUT2D eigenvalue weighted by Crippen LogP contribution is 2.24. The van der Waals surface area contributed by atoms with E-state index in [2.05, 4.69) is 0 Å². The van der Waals surface area contributed by atoms with Gasteiger partial charge in [-0.25, -0.2) is 0 Å². The van der Waals surface area contributed by atoms with E-state index in [9.17, 15) is 9.90 Å². The zero-order valence-corrected chi connectivity index (χ0v) is 11.1. The topological polar surface area (TPSA) is 66.6 Å². The molecule has 1 aliphatic rings. The molecule has 3 N–H and O–H groups in total. The number of amides is 1. The number of hydrogen-bond acceptors (Lipinski definition) is 3. The van der Waals surface area contributed by atoms with Crippen LogP contribution < -0.4 is 5.73 Å². The minimum Gasteiger partial charge on any atom is -0.398 e. The molecule has 1 amide bonds. The fraction of sp³-hybridized carbons (Fsp3) is 0.462. The number of hydrogen-bond donors (Lipinski definition) is 2. The van der Waals surface area contributed by atoms with Gasteiger partial charge in [0.15, 0.2) is 0 Å². The summed E-state index contributed by atoms with van der Waals surface area (Å²) in [5.74, 6) is -0.113. The molecule has 0 saturated carbocycles. The van der Waals surface area contributed by atoms with Gasteiger partial charge in [0.1, 0.15) is 0 Å². The second-order valence-corrected chi connectivity index (χ2v) is 5.47. The number of benzene rings is 1. The minimum absolute atomic E-state index is 0.113. The van der Waals surface area contributed by atoms with E-state index in [4.69, 9.17) is 17.3 Å². The van der Waals surface area contributed by atoms with Gasteiger partial charge >= 0.3 is 0 Å². The normalized spacial score (nSPS) is 24.1. The Labute approximate surface area is 111 Å². The third-order valence-corrected chi connectivity index (χ3v) is 3.55. The molecule has 1 atom stereocenters. The van der Waals surface area contributed by atoms with Gasteiger partial charge < -0.3 is 15.7 Å². The molecule has 1 fully saturated rings. The van der Waals surface area contributed by atoms with Gasteiger partial charge in [0.25, 0.3) is 5.91 Å². The molecule has 0 aliphatic carbocycles. The fourth-order valence-electron chi connectivity index (χ4n) is 2.25. The molecular formula is C13H17ClN2O2. The van der Waals surface area contributed by atoms with E-state index in [1.165, 1.54) is 0 Å². The Morgan fingerprint density at radius 1 is 1.56 bits per heavy atom. The molecule has 1 unspecified atom stereocenters. The van der Waals surface area contributed by atoms with Crippen molar-refractivity contribution in [3.05, 3.63) is 28.8 Å². The maximum atomic E-state index is 12.3. The monoisotopic (exact) mass is 268 g/mol. The van der Waals surface area contributed by atoms with E-state index >= 15 is 0 Å². The van der Waals surface area contributed by atoms with Crippen LogP contribution >= 0.6 is 11.6 Å². The molecule has 0 radical (unpaired) electrons. The van der Waals surface area contributed by atoms with Gasteiger partial charge in [0, 0.05) is 18.7 Å². The molecule has 0 aromatic heterocycles.